The zero-order chi connectivity index (χ0) is 19.5. The highest BCUT2D eigenvalue weighted by Crippen LogP contribution is 2.30. The van der Waals surface area contributed by atoms with Gasteiger partial charge >= 0.3 is 11.9 Å². The van der Waals surface area contributed by atoms with Crippen molar-refractivity contribution in [3.8, 4) is 0 Å². The molecule has 144 valence electrons. The normalized spacial score (nSPS) is 20.7. The van der Waals surface area contributed by atoms with E-state index in [1.165, 1.54) is 36.7 Å². The van der Waals surface area contributed by atoms with Crippen molar-refractivity contribution in [1.29, 1.82) is 0 Å². The van der Waals surface area contributed by atoms with Gasteiger partial charge in [-0.25, -0.2) is 18.0 Å². The zero-order valence-corrected chi connectivity index (χ0v) is 16.3. The number of hydrogen-bond acceptors (Lipinski definition) is 6. The molecule has 0 aliphatic heterocycles. The number of hydrogen-bond donors (Lipinski definition) is 0. The number of ether oxygens (including phenoxy) is 2. The summed E-state index contributed by atoms with van der Waals surface area (Å²) in [5.74, 6) is -0.848. The molecule has 1 aromatic carbocycles. The van der Waals surface area contributed by atoms with Crippen molar-refractivity contribution in [3.05, 3.63) is 29.3 Å². The number of methoxy groups -OCH3 is 2. The van der Waals surface area contributed by atoms with Gasteiger partial charge in [0.15, 0.2) is 0 Å². The molecule has 1 aromatic rings. The van der Waals surface area contributed by atoms with Gasteiger partial charge < -0.3 is 9.47 Å². The summed E-state index contributed by atoms with van der Waals surface area (Å²) in [6.45, 7) is 2.16. The number of nitrogens with zero attached hydrogens (tertiary/aromatic N) is 1. The standard InChI is InChI=1S/C18H25NO6S/c1-12-5-7-15(8-6-12)19(2)26(22,23)16-10-13(17(20)24-3)9-14(11-16)18(21)25-4/h9-12,15H,5-8H2,1-4H3. The molecule has 0 aromatic heterocycles. The minimum atomic E-state index is -3.87. The fourth-order valence-electron chi connectivity index (χ4n) is 3.19. The molecule has 2 rings (SSSR count). The summed E-state index contributed by atoms with van der Waals surface area (Å²) < 4.78 is 36.8. The summed E-state index contributed by atoms with van der Waals surface area (Å²) in [4.78, 5) is 23.6. The van der Waals surface area contributed by atoms with Crippen LogP contribution in [0, 0.1) is 5.92 Å². The SMILES string of the molecule is COC(=O)c1cc(C(=O)OC)cc(S(=O)(=O)N(C)C2CCC(C)CC2)c1. The van der Waals surface area contributed by atoms with Crippen molar-refractivity contribution < 1.29 is 27.5 Å². The summed E-state index contributed by atoms with van der Waals surface area (Å²) in [6.07, 6.45) is 3.52. The third kappa shape index (κ3) is 4.24. The number of esters is 2. The van der Waals surface area contributed by atoms with E-state index >= 15 is 0 Å². The first-order chi connectivity index (χ1) is 12.2. The Morgan fingerprint density at radius 1 is 0.962 bits per heavy atom. The molecule has 1 saturated carbocycles. The zero-order valence-electron chi connectivity index (χ0n) is 15.5. The van der Waals surface area contributed by atoms with E-state index in [0.717, 1.165) is 25.7 Å². The quantitative estimate of drug-likeness (QED) is 0.726. The average molecular weight is 383 g/mol. The summed E-state index contributed by atoms with van der Waals surface area (Å²) in [5, 5.41) is 0. The highest BCUT2D eigenvalue weighted by molar-refractivity contribution is 7.89. The molecule has 1 aliphatic carbocycles. The second-order valence-corrected chi connectivity index (χ2v) is 8.66. The molecule has 0 spiro atoms. The van der Waals surface area contributed by atoms with E-state index < -0.39 is 22.0 Å². The Morgan fingerprint density at radius 2 is 1.42 bits per heavy atom. The molecule has 0 amide bonds. The molecule has 0 atom stereocenters. The first kappa shape index (κ1) is 20.4. The fraction of sp³-hybridized carbons (Fsp3) is 0.556. The molecule has 8 heteroatoms. The van der Waals surface area contributed by atoms with Crippen molar-refractivity contribution in [1.82, 2.24) is 4.31 Å². The molecule has 0 bridgehead atoms. The Labute approximate surface area is 154 Å². The van der Waals surface area contributed by atoms with Gasteiger partial charge in [-0.1, -0.05) is 6.92 Å². The number of carbonyl (C=O) groups is 2. The van der Waals surface area contributed by atoms with Crippen LogP contribution in [-0.2, 0) is 19.5 Å². The largest absolute Gasteiger partial charge is 0.465 e. The molecule has 0 heterocycles. The van der Waals surface area contributed by atoms with Crippen LogP contribution >= 0.6 is 0 Å². The first-order valence-corrected chi connectivity index (χ1v) is 9.94. The van der Waals surface area contributed by atoms with Crippen LogP contribution in [0.5, 0.6) is 0 Å². The van der Waals surface area contributed by atoms with Crippen molar-refractivity contribution in [2.45, 2.75) is 43.5 Å². The molecule has 0 N–H and O–H groups in total. The predicted octanol–water partition coefficient (Wildman–Crippen LogP) is 2.46. The van der Waals surface area contributed by atoms with Crippen LogP contribution in [0.15, 0.2) is 23.1 Å². The summed E-state index contributed by atoms with van der Waals surface area (Å²) in [7, 11) is 0.0557. The molecule has 7 nitrogen and oxygen atoms in total. The van der Waals surface area contributed by atoms with Gasteiger partial charge in [0.1, 0.15) is 0 Å². The van der Waals surface area contributed by atoms with E-state index in [1.54, 1.807) is 7.05 Å². The van der Waals surface area contributed by atoms with Crippen LogP contribution < -0.4 is 0 Å². The summed E-state index contributed by atoms with van der Waals surface area (Å²) in [6, 6.07) is 3.63. The molecule has 0 unspecified atom stereocenters. The monoisotopic (exact) mass is 383 g/mol. The summed E-state index contributed by atoms with van der Waals surface area (Å²) >= 11 is 0. The minimum absolute atomic E-state index is 0.0142. The Morgan fingerprint density at radius 3 is 1.85 bits per heavy atom. The lowest BCUT2D eigenvalue weighted by atomic mass is 9.87. The van der Waals surface area contributed by atoms with Crippen LogP contribution in [0.1, 0.15) is 53.3 Å². The van der Waals surface area contributed by atoms with Gasteiger partial charge in [-0.05, 0) is 49.8 Å². The van der Waals surface area contributed by atoms with Gasteiger partial charge in [-0.3, -0.25) is 0 Å². The van der Waals surface area contributed by atoms with Crippen LogP contribution in [-0.4, -0.2) is 52.0 Å². The Bertz CT molecular complexity index is 747. The lowest BCUT2D eigenvalue weighted by Gasteiger charge is -2.33. The Balaban J connectivity index is 2.43. The number of carbonyl (C=O) groups excluding carboxylic acids is 2. The van der Waals surface area contributed by atoms with Crippen LogP contribution in [0.4, 0.5) is 0 Å². The Kier molecular flexibility index (Phi) is 6.41. The van der Waals surface area contributed by atoms with Gasteiger partial charge in [-0.15, -0.1) is 0 Å². The number of benzene rings is 1. The van der Waals surface area contributed by atoms with Crippen LogP contribution in [0.2, 0.25) is 0 Å². The second kappa shape index (κ2) is 8.18. The van der Waals surface area contributed by atoms with Crippen molar-refractivity contribution >= 4 is 22.0 Å². The lowest BCUT2D eigenvalue weighted by molar-refractivity contribution is 0.0598. The number of rotatable bonds is 5. The topological polar surface area (TPSA) is 90.0 Å². The van der Waals surface area contributed by atoms with Gasteiger partial charge in [0.25, 0.3) is 0 Å². The third-order valence-electron chi connectivity index (χ3n) is 4.93. The van der Waals surface area contributed by atoms with Gasteiger partial charge in [-0.2, -0.15) is 4.31 Å². The van der Waals surface area contributed by atoms with Gasteiger partial charge in [0.05, 0.1) is 30.2 Å². The highest BCUT2D eigenvalue weighted by Gasteiger charge is 2.31. The predicted molar refractivity (Wildman–Crippen MR) is 95.5 cm³/mol. The lowest BCUT2D eigenvalue weighted by Crippen LogP contribution is -2.39. The highest BCUT2D eigenvalue weighted by atomic mass is 32.2. The molecular formula is C18H25NO6S. The molecule has 1 aliphatic rings. The van der Waals surface area contributed by atoms with E-state index in [9.17, 15) is 18.0 Å². The van der Waals surface area contributed by atoms with Crippen LogP contribution in [0.3, 0.4) is 0 Å². The molecule has 0 saturated heterocycles. The molecule has 26 heavy (non-hydrogen) atoms. The number of sulfonamides is 1. The van der Waals surface area contributed by atoms with E-state index in [1.807, 2.05) is 0 Å². The third-order valence-corrected chi connectivity index (χ3v) is 6.81. The van der Waals surface area contributed by atoms with Crippen molar-refractivity contribution in [2.75, 3.05) is 21.3 Å². The van der Waals surface area contributed by atoms with E-state index in [-0.39, 0.29) is 22.1 Å². The van der Waals surface area contributed by atoms with Crippen LogP contribution in [0.25, 0.3) is 0 Å². The van der Waals surface area contributed by atoms with Crippen molar-refractivity contribution in [2.24, 2.45) is 5.92 Å². The maximum Gasteiger partial charge on any atom is 0.337 e. The van der Waals surface area contributed by atoms with Gasteiger partial charge in [0.2, 0.25) is 10.0 Å². The van der Waals surface area contributed by atoms with Gasteiger partial charge in [0, 0.05) is 13.1 Å². The van der Waals surface area contributed by atoms with E-state index in [4.69, 9.17) is 0 Å². The molecule has 0 radical (unpaired) electrons. The first-order valence-electron chi connectivity index (χ1n) is 8.50. The van der Waals surface area contributed by atoms with E-state index in [2.05, 4.69) is 16.4 Å². The van der Waals surface area contributed by atoms with Crippen molar-refractivity contribution in [3.63, 3.8) is 0 Å². The maximum absolute atomic E-state index is 13.1. The smallest absolute Gasteiger partial charge is 0.337 e. The Hall–Kier alpha value is -1.93. The fourth-order valence-corrected chi connectivity index (χ4v) is 4.68. The van der Waals surface area contributed by atoms with E-state index in [0.29, 0.717) is 5.92 Å². The second-order valence-electron chi connectivity index (χ2n) is 6.66. The average Bonchev–Trinajstić information content (AvgIpc) is 2.66. The maximum atomic E-state index is 13.1. The molecule has 1 fully saturated rings. The molecular weight excluding hydrogens is 358 g/mol. The minimum Gasteiger partial charge on any atom is -0.465 e. The summed E-state index contributed by atoms with van der Waals surface area (Å²) in [5.41, 5.74) is -0.0284.